The predicted octanol–water partition coefficient (Wildman–Crippen LogP) is 0.996. The number of rotatable bonds is 7. The van der Waals surface area contributed by atoms with Crippen LogP contribution >= 0.6 is 0 Å². The van der Waals surface area contributed by atoms with Gasteiger partial charge >= 0.3 is 0 Å². The molecule has 3 heterocycles. The van der Waals surface area contributed by atoms with Crippen molar-refractivity contribution in [2.75, 3.05) is 17.7 Å². The molecule has 1 fully saturated rings. The van der Waals surface area contributed by atoms with Gasteiger partial charge in [-0.3, -0.25) is 4.79 Å². The number of carbonyl (C=O) groups is 1. The summed E-state index contributed by atoms with van der Waals surface area (Å²) in [6.07, 6.45) is 6.21. The van der Waals surface area contributed by atoms with Gasteiger partial charge in [-0.2, -0.15) is 9.61 Å². The first-order valence-corrected chi connectivity index (χ1v) is 9.90. The van der Waals surface area contributed by atoms with Crippen molar-refractivity contribution in [2.24, 2.45) is 0 Å². The lowest BCUT2D eigenvalue weighted by atomic mass is 9.52. The van der Waals surface area contributed by atoms with Gasteiger partial charge in [-0.1, -0.05) is 0 Å². The molecule has 0 aliphatic heterocycles. The van der Waals surface area contributed by atoms with Gasteiger partial charge in [0, 0.05) is 25.4 Å². The van der Waals surface area contributed by atoms with Crippen molar-refractivity contribution < 1.29 is 9.53 Å². The summed E-state index contributed by atoms with van der Waals surface area (Å²) in [4.78, 5) is 21.5. The number of amides is 1. The molecule has 1 amide bonds. The largest absolute Gasteiger partial charge is 0.499 e. The third kappa shape index (κ3) is 4.62. The molecule has 1 saturated carbocycles. The lowest BCUT2D eigenvalue weighted by molar-refractivity contribution is 0.0918. The third-order valence-corrected chi connectivity index (χ3v) is 4.94. The predicted molar refractivity (Wildman–Crippen MR) is 121 cm³/mol. The standard InChI is InChI=1S/C19H20B3N7O2/c1-10-6-13(18(24-8-10)31-19(20,21)22)27-14-7-15(23-2)29-16(28-14)12(9-25-29)17(30)26-11-4-3-5-11/h6-9,11,23H,3-5H2,1-2H3,(H,26,30)(H,27,28). The van der Waals surface area contributed by atoms with Crippen LogP contribution in [0.4, 0.5) is 17.3 Å². The monoisotopic (exact) mass is 411 g/mol. The van der Waals surface area contributed by atoms with E-state index in [1.807, 2.05) is 6.92 Å². The molecule has 3 aromatic heterocycles. The number of aromatic nitrogens is 4. The Balaban J connectivity index is 1.70. The van der Waals surface area contributed by atoms with Gasteiger partial charge in [0.05, 0.1) is 6.20 Å². The first-order chi connectivity index (χ1) is 14.7. The van der Waals surface area contributed by atoms with E-state index in [4.69, 9.17) is 28.3 Å². The number of pyridine rings is 1. The lowest BCUT2D eigenvalue weighted by Crippen LogP contribution is -2.39. The van der Waals surface area contributed by atoms with E-state index in [-0.39, 0.29) is 17.8 Å². The van der Waals surface area contributed by atoms with Crippen LogP contribution in [0.5, 0.6) is 5.88 Å². The molecule has 152 valence electrons. The number of fused-ring (bicyclic) bond motifs is 1. The molecule has 0 spiro atoms. The maximum Gasteiger partial charge on any atom is 0.256 e. The topological polar surface area (TPSA) is 105 Å². The third-order valence-electron chi connectivity index (χ3n) is 4.94. The molecule has 0 aromatic carbocycles. The summed E-state index contributed by atoms with van der Waals surface area (Å²) in [7, 11) is 18.5. The zero-order valence-corrected chi connectivity index (χ0v) is 17.3. The molecule has 0 bridgehead atoms. The average molecular weight is 411 g/mol. The molecule has 0 saturated heterocycles. The van der Waals surface area contributed by atoms with Crippen LogP contribution in [-0.4, -0.2) is 67.4 Å². The molecule has 12 heteroatoms. The van der Waals surface area contributed by atoms with Crippen LogP contribution in [0.25, 0.3) is 5.65 Å². The summed E-state index contributed by atoms with van der Waals surface area (Å²) >= 11 is 0. The van der Waals surface area contributed by atoms with Crippen molar-refractivity contribution >= 4 is 52.4 Å². The summed E-state index contributed by atoms with van der Waals surface area (Å²) in [6.45, 7) is 1.87. The van der Waals surface area contributed by atoms with Crippen molar-refractivity contribution in [1.29, 1.82) is 0 Å². The molecule has 4 rings (SSSR count). The fraction of sp³-hybridized carbons (Fsp3) is 0.368. The second kappa shape index (κ2) is 8.17. The van der Waals surface area contributed by atoms with E-state index < -0.39 is 5.30 Å². The zero-order valence-electron chi connectivity index (χ0n) is 17.3. The van der Waals surface area contributed by atoms with Gasteiger partial charge in [0.1, 0.15) is 46.4 Å². The van der Waals surface area contributed by atoms with E-state index in [9.17, 15) is 4.79 Å². The fourth-order valence-corrected chi connectivity index (χ4v) is 3.21. The van der Waals surface area contributed by atoms with Crippen LogP contribution in [-0.2, 0) is 0 Å². The number of ether oxygens (including phenoxy) is 1. The Kier molecular flexibility index (Phi) is 5.55. The molecule has 0 unspecified atom stereocenters. The number of hydrogen-bond acceptors (Lipinski definition) is 7. The summed E-state index contributed by atoms with van der Waals surface area (Å²) in [5, 5.41) is 11.6. The van der Waals surface area contributed by atoms with E-state index in [2.05, 4.69) is 31.0 Å². The highest BCUT2D eigenvalue weighted by molar-refractivity contribution is 6.58. The first-order valence-electron chi connectivity index (χ1n) is 9.90. The van der Waals surface area contributed by atoms with Crippen LogP contribution in [0.1, 0.15) is 35.2 Å². The molecular formula is C19H20B3N7O2. The molecule has 6 radical (unpaired) electrons. The number of aryl methyl sites for hydroxylation is 1. The van der Waals surface area contributed by atoms with Crippen LogP contribution in [0, 0.1) is 6.92 Å². The highest BCUT2D eigenvalue weighted by atomic mass is 16.5. The molecule has 0 atom stereocenters. The smallest absolute Gasteiger partial charge is 0.256 e. The van der Waals surface area contributed by atoms with Gasteiger partial charge in [-0.15, -0.1) is 0 Å². The molecular weight excluding hydrogens is 391 g/mol. The Morgan fingerprint density at radius 3 is 2.68 bits per heavy atom. The van der Waals surface area contributed by atoms with Crippen molar-refractivity contribution in [3.63, 3.8) is 0 Å². The van der Waals surface area contributed by atoms with Crippen molar-refractivity contribution in [3.05, 3.63) is 35.7 Å². The number of anilines is 3. The van der Waals surface area contributed by atoms with Gasteiger partial charge < -0.3 is 20.7 Å². The minimum Gasteiger partial charge on any atom is -0.499 e. The van der Waals surface area contributed by atoms with Crippen molar-refractivity contribution in [2.45, 2.75) is 37.5 Å². The number of nitrogens with one attached hydrogen (secondary N) is 3. The van der Waals surface area contributed by atoms with Crippen LogP contribution in [0.15, 0.2) is 24.5 Å². The Labute approximate surface area is 184 Å². The summed E-state index contributed by atoms with van der Waals surface area (Å²) in [5.74, 6) is 0.974. The van der Waals surface area contributed by atoms with Crippen LogP contribution < -0.4 is 20.7 Å². The molecule has 9 nitrogen and oxygen atoms in total. The highest BCUT2D eigenvalue weighted by Crippen LogP contribution is 2.29. The first kappa shape index (κ1) is 21.1. The van der Waals surface area contributed by atoms with Crippen LogP contribution in [0.2, 0.25) is 0 Å². The second-order valence-corrected chi connectivity index (χ2v) is 7.62. The summed E-state index contributed by atoms with van der Waals surface area (Å²) in [5.41, 5.74) is 2.12. The van der Waals surface area contributed by atoms with Crippen molar-refractivity contribution in [3.8, 4) is 5.88 Å². The SMILES string of the molecule is [B]C([B])([B])Oc1ncc(C)cc1Nc1cc(NC)n2ncc(C(=O)NC3CCC3)c2n1. The molecule has 3 N–H and O–H groups in total. The zero-order chi connectivity index (χ0) is 22.2. The normalized spacial score (nSPS) is 14.1. The average Bonchev–Trinajstić information content (AvgIpc) is 3.09. The Morgan fingerprint density at radius 1 is 1.26 bits per heavy atom. The molecule has 1 aliphatic carbocycles. The highest BCUT2D eigenvalue weighted by Gasteiger charge is 2.23. The molecule has 3 aromatic rings. The van der Waals surface area contributed by atoms with Gasteiger partial charge in [0.15, 0.2) is 5.65 Å². The maximum absolute atomic E-state index is 12.7. The number of hydrogen-bond donors (Lipinski definition) is 3. The maximum atomic E-state index is 12.7. The van der Waals surface area contributed by atoms with E-state index in [0.29, 0.717) is 28.5 Å². The number of nitrogens with zero attached hydrogens (tertiary/aromatic N) is 4. The van der Waals surface area contributed by atoms with E-state index in [1.54, 1.807) is 29.9 Å². The minimum atomic E-state index is -1.90. The van der Waals surface area contributed by atoms with E-state index in [1.165, 1.54) is 6.20 Å². The van der Waals surface area contributed by atoms with Gasteiger partial charge in [0.2, 0.25) is 5.88 Å². The number of carbonyl (C=O) groups excluding carboxylic acids is 1. The Morgan fingerprint density at radius 2 is 2.03 bits per heavy atom. The van der Waals surface area contributed by atoms with E-state index >= 15 is 0 Å². The molecule has 31 heavy (non-hydrogen) atoms. The summed E-state index contributed by atoms with van der Waals surface area (Å²) in [6, 6.07) is 3.73. The van der Waals surface area contributed by atoms with Crippen molar-refractivity contribution in [1.82, 2.24) is 24.9 Å². The van der Waals surface area contributed by atoms with Gasteiger partial charge in [0.25, 0.3) is 5.91 Å². The van der Waals surface area contributed by atoms with Gasteiger partial charge in [-0.05, 0) is 43.1 Å². The minimum absolute atomic E-state index is 0.113. The summed E-state index contributed by atoms with van der Waals surface area (Å²) < 4.78 is 6.92. The molecule has 1 aliphatic rings. The fourth-order valence-electron chi connectivity index (χ4n) is 3.21. The van der Waals surface area contributed by atoms with Gasteiger partial charge in [-0.25, -0.2) is 9.97 Å². The quantitative estimate of drug-likeness (QED) is 0.499. The lowest BCUT2D eigenvalue weighted by Gasteiger charge is -2.26. The Hall–Kier alpha value is -3.17. The van der Waals surface area contributed by atoms with Crippen LogP contribution in [0.3, 0.4) is 0 Å². The Bertz CT molecular complexity index is 1130. The van der Waals surface area contributed by atoms with E-state index in [0.717, 1.165) is 24.8 Å². The second-order valence-electron chi connectivity index (χ2n) is 7.62.